The molecular weight excluding hydrogens is 286 g/mol. The molecule has 0 saturated heterocycles. The monoisotopic (exact) mass is 307 g/mol. The first-order chi connectivity index (χ1) is 9.90. The van der Waals surface area contributed by atoms with E-state index in [2.05, 4.69) is 11.4 Å². The molecule has 5 nitrogen and oxygen atoms in total. The molecule has 0 atom stereocenters. The Bertz CT molecular complexity index is 570. The molecule has 21 heavy (non-hydrogen) atoms. The Kier molecular flexibility index (Phi) is 4.99. The van der Waals surface area contributed by atoms with Crippen molar-refractivity contribution in [3.8, 4) is 6.07 Å². The van der Waals surface area contributed by atoms with Crippen molar-refractivity contribution in [2.24, 2.45) is 5.92 Å². The van der Waals surface area contributed by atoms with Crippen LogP contribution in [0.2, 0.25) is 0 Å². The number of rotatable bonds is 5. The molecule has 114 valence electrons. The van der Waals surface area contributed by atoms with Crippen LogP contribution in [0.15, 0.2) is 0 Å². The number of aliphatic hydroxyl groups is 1. The fourth-order valence-corrected chi connectivity index (χ4v) is 3.64. The number of thiophene rings is 1. The number of hydrogen-bond acceptors (Lipinski definition) is 5. The summed E-state index contributed by atoms with van der Waals surface area (Å²) in [4.78, 5) is 15.1. The van der Waals surface area contributed by atoms with E-state index in [1.54, 1.807) is 0 Å². The number of anilines is 1. The summed E-state index contributed by atoms with van der Waals surface area (Å²) < 4.78 is 0. The Labute approximate surface area is 129 Å². The SMILES string of the molecule is Cc1sc(NC(=O)CN(C)CC2CC(O)C2)c(C#N)c1C. The second-order valence-corrected chi connectivity index (χ2v) is 7.06. The van der Waals surface area contributed by atoms with Gasteiger partial charge in [-0.3, -0.25) is 9.69 Å². The van der Waals surface area contributed by atoms with Gasteiger partial charge in [0.2, 0.25) is 5.91 Å². The highest BCUT2D eigenvalue weighted by Crippen LogP contribution is 2.31. The topological polar surface area (TPSA) is 76.4 Å². The molecule has 0 radical (unpaired) electrons. The number of carbonyl (C=O) groups is 1. The maximum atomic E-state index is 12.1. The zero-order chi connectivity index (χ0) is 15.6. The van der Waals surface area contributed by atoms with Crippen molar-refractivity contribution in [2.75, 3.05) is 25.5 Å². The van der Waals surface area contributed by atoms with Crippen LogP contribution in [0.3, 0.4) is 0 Å². The fourth-order valence-electron chi connectivity index (χ4n) is 2.62. The third kappa shape index (κ3) is 3.82. The van der Waals surface area contributed by atoms with Gasteiger partial charge in [-0.15, -0.1) is 11.3 Å². The quantitative estimate of drug-likeness (QED) is 0.871. The molecule has 0 bridgehead atoms. The van der Waals surface area contributed by atoms with Crippen LogP contribution < -0.4 is 5.32 Å². The van der Waals surface area contributed by atoms with E-state index >= 15 is 0 Å². The van der Waals surface area contributed by atoms with Crippen molar-refractivity contribution >= 4 is 22.2 Å². The van der Waals surface area contributed by atoms with Gasteiger partial charge in [-0.2, -0.15) is 5.26 Å². The van der Waals surface area contributed by atoms with Gasteiger partial charge in [0.25, 0.3) is 0 Å². The first-order valence-corrected chi connectivity index (χ1v) is 7.89. The van der Waals surface area contributed by atoms with Crippen LogP contribution in [0.1, 0.15) is 28.8 Å². The molecule has 6 heteroatoms. The Hall–Kier alpha value is -1.42. The lowest BCUT2D eigenvalue weighted by molar-refractivity contribution is -0.117. The highest BCUT2D eigenvalue weighted by Gasteiger charge is 2.28. The van der Waals surface area contributed by atoms with Gasteiger partial charge < -0.3 is 10.4 Å². The van der Waals surface area contributed by atoms with Crippen LogP contribution in [0.4, 0.5) is 5.00 Å². The van der Waals surface area contributed by atoms with E-state index in [-0.39, 0.29) is 12.0 Å². The molecule has 1 saturated carbocycles. The van der Waals surface area contributed by atoms with Gasteiger partial charge in [0.15, 0.2) is 0 Å². The molecule has 1 amide bonds. The minimum Gasteiger partial charge on any atom is -0.393 e. The van der Waals surface area contributed by atoms with Crippen molar-refractivity contribution in [3.05, 3.63) is 16.0 Å². The smallest absolute Gasteiger partial charge is 0.239 e. The lowest BCUT2D eigenvalue weighted by Gasteiger charge is -2.34. The number of aliphatic hydroxyl groups excluding tert-OH is 1. The molecule has 0 spiro atoms. The van der Waals surface area contributed by atoms with Crippen LogP contribution in [0.5, 0.6) is 0 Å². The van der Waals surface area contributed by atoms with Gasteiger partial charge in [-0.25, -0.2) is 0 Å². The van der Waals surface area contributed by atoms with Crippen LogP contribution >= 0.6 is 11.3 Å². The minimum absolute atomic E-state index is 0.102. The van der Waals surface area contributed by atoms with Gasteiger partial charge in [0.1, 0.15) is 11.1 Å². The molecule has 0 unspecified atom stereocenters. The second-order valence-electron chi connectivity index (χ2n) is 5.84. The van der Waals surface area contributed by atoms with Crippen LogP contribution in [0.25, 0.3) is 0 Å². The average Bonchev–Trinajstić information content (AvgIpc) is 2.62. The highest BCUT2D eigenvalue weighted by atomic mass is 32.1. The number of likely N-dealkylation sites (N-methyl/N-ethyl adjacent to an activating group) is 1. The maximum absolute atomic E-state index is 12.1. The largest absolute Gasteiger partial charge is 0.393 e. The normalized spacial score (nSPS) is 21.0. The van der Waals surface area contributed by atoms with Crippen molar-refractivity contribution in [3.63, 3.8) is 0 Å². The van der Waals surface area contributed by atoms with E-state index in [9.17, 15) is 9.90 Å². The van der Waals surface area contributed by atoms with Crippen molar-refractivity contribution in [1.82, 2.24) is 4.90 Å². The summed E-state index contributed by atoms with van der Waals surface area (Å²) >= 11 is 1.44. The van der Waals surface area contributed by atoms with Gasteiger partial charge in [0.05, 0.1) is 18.2 Å². The van der Waals surface area contributed by atoms with Crippen LogP contribution in [-0.4, -0.2) is 42.2 Å². The molecule has 1 aliphatic rings. The van der Waals surface area contributed by atoms with E-state index in [4.69, 9.17) is 5.26 Å². The Morgan fingerprint density at radius 2 is 2.19 bits per heavy atom. The Morgan fingerprint density at radius 3 is 2.76 bits per heavy atom. The summed E-state index contributed by atoms with van der Waals surface area (Å²) in [5.74, 6) is 0.383. The number of nitrogens with zero attached hydrogens (tertiary/aromatic N) is 2. The molecular formula is C15H21N3O2S. The summed E-state index contributed by atoms with van der Waals surface area (Å²) in [5.41, 5.74) is 1.50. The van der Waals surface area contributed by atoms with Gasteiger partial charge >= 0.3 is 0 Å². The third-order valence-electron chi connectivity index (χ3n) is 3.94. The third-order valence-corrected chi connectivity index (χ3v) is 5.07. The molecule has 1 fully saturated rings. The molecule has 1 aliphatic carbocycles. The number of amides is 1. The van der Waals surface area contributed by atoms with E-state index < -0.39 is 0 Å². The first kappa shape index (κ1) is 16.0. The number of aryl methyl sites for hydroxylation is 1. The Balaban J connectivity index is 1.87. The van der Waals surface area contributed by atoms with Gasteiger partial charge in [-0.05, 0) is 45.2 Å². The molecule has 1 aromatic rings. The highest BCUT2D eigenvalue weighted by molar-refractivity contribution is 7.16. The van der Waals surface area contributed by atoms with Gasteiger partial charge in [-0.1, -0.05) is 0 Å². The zero-order valence-electron chi connectivity index (χ0n) is 12.6. The summed E-state index contributed by atoms with van der Waals surface area (Å²) in [6, 6.07) is 2.15. The second kappa shape index (κ2) is 6.56. The van der Waals surface area contributed by atoms with Crippen LogP contribution in [0, 0.1) is 31.1 Å². The average molecular weight is 307 g/mol. The molecule has 0 aromatic carbocycles. The number of nitriles is 1. The standard InChI is InChI=1S/C15H21N3O2S/c1-9-10(2)21-15(13(9)6-16)17-14(20)8-18(3)7-11-4-12(19)5-11/h11-12,19H,4-5,7-8H2,1-3H3,(H,17,20). The van der Waals surface area contributed by atoms with Crippen molar-refractivity contribution in [1.29, 1.82) is 5.26 Å². The maximum Gasteiger partial charge on any atom is 0.239 e. The summed E-state index contributed by atoms with van der Waals surface area (Å²) in [7, 11) is 1.90. The first-order valence-electron chi connectivity index (χ1n) is 7.07. The van der Waals surface area contributed by atoms with Gasteiger partial charge in [0, 0.05) is 11.4 Å². The van der Waals surface area contributed by atoms with E-state index in [1.807, 2.05) is 25.8 Å². The predicted octanol–water partition coefficient (Wildman–Crippen LogP) is 1.88. The molecule has 2 rings (SSSR count). The molecule has 1 aromatic heterocycles. The van der Waals surface area contributed by atoms with E-state index in [0.29, 0.717) is 23.0 Å². The minimum atomic E-state index is -0.160. The lowest BCUT2D eigenvalue weighted by Crippen LogP contribution is -2.39. The molecule has 0 aliphatic heterocycles. The molecule has 1 heterocycles. The zero-order valence-corrected chi connectivity index (χ0v) is 13.5. The van der Waals surface area contributed by atoms with Crippen molar-refractivity contribution in [2.45, 2.75) is 32.8 Å². The van der Waals surface area contributed by atoms with E-state index in [0.717, 1.165) is 29.8 Å². The van der Waals surface area contributed by atoms with Crippen LogP contribution in [-0.2, 0) is 4.79 Å². The lowest BCUT2D eigenvalue weighted by atomic mass is 9.82. The number of carbonyl (C=O) groups excluding carboxylic acids is 1. The predicted molar refractivity (Wildman–Crippen MR) is 83.4 cm³/mol. The van der Waals surface area contributed by atoms with E-state index in [1.165, 1.54) is 11.3 Å². The number of hydrogen-bond donors (Lipinski definition) is 2. The molecule has 2 N–H and O–H groups in total. The Morgan fingerprint density at radius 1 is 1.52 bits per heavy atom. The van der Waals surface area contributed by atoms with Crippen molar-refractivity contribution < 1.29 is 9.90 Å². The summed E-state index contributed by atoms with van der Waals surface area (Å²) in [6.07, 6.45) is 1.49. The summed E-state index contributed by atoms with van der Waals surface area (Å²) in [6.45, 7) is 4.96. The fraction of sp³-hybridized carbons (Fsp3) is 0.600. The summed E-state index contributed by atoms with van der Waals surface area (Å²) in [5, 5.41) is 21.9. The number of nitrogens with one attached hydrogen (secondary N) is 1.